The number of carbonyl (C=O) groups is 1. The molecular formula is C16H27N3O3. The lowest BCUT2D eigenvalue weighted by atomic mass is 9.82. The normalized spacial score (nSPS) is 18.0. The zero-order chi connectivity index (χ0) is 16.2. The number of nitrogens with one attached hydrogen (secondary N) is 1. The molecule has 0 bridgehead atoms. The first-order valence-electron chi connectivity index (χ1n) is 7.88. The van der Waals surface area contributed by atoms with Gasteiger partial charge in [0.1, 0.15) is 5.60 Å². The Morgan fingerprint density at radius 2 is 2.18 bits per heavy atom. The van der Waals surface area contributed by atoms with Crippen LogP contribution in [-0.2, 0) is 16.5 Å². The van der Waals surface area contributed by atoms with Gasteiger partial charge >= 0.3 is 6.09 Å². The summed E-state index contributed by atoms with van der Waals surface area (Å²) in [5.74, 6) is 0.734. The maximum atomic E-state index is 11.9. The van der Waals surface area contributed by atoms with Crippen molar-refractivity contribution in [3.8, 4) is 0 Å². The second-order valence-electron chi connectivity index (χ2n) is 6.89. The van der Waals surface area contributed by atoms with Crippen LogP contribution in [0.2, 0.25) is 0 Å². The summed E-state index contributed by atoms with van der Waals surface area (Å²) >= 11 is 0. The maximum Gasteiger partial charge on any atom is 0.407 e. The number of rotatable bonds is 4. The van der Waals surface area contributed by atoms with Gasteiger partial charge < -0.3 is 14.8 Å². The molecule has 1 atom stereocenters. The maximum absolute atomic E-state index is 11.9. The molecule has 6 heteroatoms. The van der Waals surface area contributed by atoms with E-state index in [1.165, 1.54) is 0 Å². The highest BCUT2D eigenvalue weighted by Crippen LogP contribution is 2.31. The van der Waals surface area contributed by atoms with E-state index in [0.29, 0.717) is 12.5 Å². The lowest BCUT2D eigenvalue weighted by molar-refractivity contribution is 0.0472. The van der Waals surface area contributed by atoms with Gasteiger partial charge in [-0.3, -0.25) is 4.68 Å². The SMILES string of the molecule is Cn1cc([C@@H](CNC(=O)OC(C)(C)C)C2CCOCC2)cn1. The Hall–Kier alpha value is -1.56. The van der Waals surface area contributed by atoms with Crippen LogP contribution in [0.15, 0.2) is 12.4 Å². The van der Waals surface area contributed by atoms with Crippen LogP contribution in [0.4, 0.5) is 4.79 Å². The molecule has 0 saturated carbocycles. The summed E-state index contributed by atoms with van der Waals surface area (Å²) in [6.45, 7) is 7.73. The first kappa shape index (κ1) is 16.8. The first-order chi connectivity index (χ1) is 10.3. The molecule has 2 heterocycles. The molecule has 0 unspecified atom stereocenters. The first-order valence-corrected chi connectivity index (χ1v) is 7.88. The number of hydrogen-bond donors (Lipinski definition) is 1. The number of aromatic nitrogens is 2. The molecule has 22 heavy (non-hydrogen) atoms. The Kier molecular flexibility index (Phi) is 5.45. The minimum atomic E-state index is -0.480. The molecule has 0 aliphatic carbocycles. The number of amides is 1. The van der Waals surface area contributed by atoms with E-state index in [-0.39, 0.29) is 12.0 Å². The van der Waals surface area contributed by atoms with Gasteiger partial charge in [0.2, 0.25) is 0 Å². The molecule has 124 valence electrons. The number of hydrogen-bond acceptors (Lipinski definition) is 4. The van der Waals surface area contributed by atoms with Crippen molar-refractivity contribution in [3.05, 3.63) is 18.0 Å². The molecule has 1 aromatic heterocycles. The van der Waals surface area contributed by atoms with Gasteiger partial charge in [-0.2, -0.15) is 5.10 Å². The fourth-order valence-corrected chi connectivity index (χ4v) is 2.81. The smallest absolute Gasteiger partial charge is 0.407 e. The Bertz CT molecular complexity index is 487. The minimum absolute atomic E-state index is 0.241. The van der Waals surface area contributed by atoms with Crippen molar-refractivity contribution in [2.75, 3.05) is 19.8 Å². The summed E-state index contributed by atoms with van der Waals surface area (Å²) < 4.78 is 12.6. The predicted molar refractivity (Wildman–Crippen MR) is 83.7 cm³/mol. The highest BCUT2D eigenvalue weighted by molar-refractivity contribution is 5.67. The van der Waals surface area contributed by atoms with Gasteiger partial charge in [-0.1, -0.05) is 0 Å². The van der Waals surface area contributed by atoms with E-state index in [9.17, 15) is 4.79 Å². The van der Waals surface area contributed by atoms with E-state index in [2.05, 4.69) is 10.4 Å². The van der Waals surface area contributed by atoms with Crippen molar-refractivity contribution >= 4 is 6.09 Å². The van der Waals surface area contributed by atoms with Crippen LogP contribution in [0.3, 0.4) is 0 Å². The average Bonchev–Trinajstić information content (AvgIpc) is 2.85. The third kappa shape index (κ3) is 5.02. The van der Waals surface area contributed by atoms with Crippen molar-refractivity contribution in [1.82, 2.24) is 15.1 Å². The monoisotopic (exact) mass is 309 g/mol. The Balaban J connectivity index is 2.00. The van der Waals surface area contributed by atoms with Gasteiger partial charge in [-0.05, 0) is 45.1 Å². The van der Waals surface area contributed by atoms with Gasteiger partial charge in [-0.25, -0.2) is 4.79 Å². The molecule has 1 aromatic rings. The predicted octanol–water partition coefficient (Wildman–Crippen LogP) is 2.46. The van der Waals surface area contributed by atoms with Crippen LogP contribution >= 0.6 is 0 Å². The summed E-state index contributed by atoms with van der Waals surface area (Å²) in [5, 5.41) is 7.17. The van der Waals surface area contributed by atoms with Crippen LogP contribution in [-0.4, -0.2) is 41.2 Å². The van der Waals surface area contributed by atoms with E-state index >= 15 is 0 Å². The Morgan fingerprint density at radius 3 is 2.73 bits per heavy atom. The summed E-state index contributed by atoms with van der Waals surface area (Å²) in [7, 11) is 1.91. The van der Waals surface area contributed by atoms with Gasteiger partial charge in [0, 0.05) is 38.9 Å². The fraction of sp³-hybridized carbons (Fsp3) is 0.750. The van der Waals surface area contributed by atoms with Gasteiger partial charge in [0.15, 0.2) is 0 Å². The highest BCUT2D eigenvalue weighted by atomic mass is 16.6. The van der Waals surface area contributed by atoms with E-state index in [1.807, 2.05) is 40.2 Å². The van der Waals surface area contributed by atoms with Crippen LogP contribution in [0.5, 0.6) is 0 Å². The molecule has 6 nitrogen and oxygen atoms in total. The van der Waals surface area contributed by atoms with Crippen LogP contribution in [0, 0.1) is 5.92 Å². The van der Waals surface area contributed by atoms with Gasteiger partial charge in [-0.15, -0.1) is 0 Å². The quantitative estimate of drug-likeness (QED) is 0.928. The van der Waals surface area contributed by atoms with Gasteiger partial charge in [0.25, 0.3) is 0 Å². The Labute approximate surface area is 132 Å². The summed E-state index contributed by atoms with van der Waals surface area (Å²) in [4.78, 5) is 11.9. The zero-order valence-corrected chi connectivity index (χ0v) is 14.0. The summed E-state index contributed by atoms with van der Waals surface area (Å²) in [6.07, 6.45) is 5.56. The average molecular weight is 309 g/mol. The highest BCUT2D eigenvalue weighted by Gasteiger charge is 2.27. The topological polar surface area (TPSA) is 65.4 Å². The molecule has 0 spiro atoms. The van der Waals surface area contributed by atoms with Crippen molar-refractivity contribution in [2.45, 2.75) is 45.1 Å². The van der Waals surface area contributed by atoms with Crippen molar-refractivity contribution in [2.24, 2.45) is 13.0 Å². The standard InChI is InChI=1S/C16H27N3O3/c1-16(2,3)22-15(20)17-10-14(12-5-7-21-8-6-12)13-9-18-19(4)11-13/h9,11-12,14H,5-8,10H2,1-4H3,(H,17,20)/t14-/m0/s1. The minimum Gasteiger partial charge on any atom is -0.444 e. The molecule has 0 aromatic carbocycles. The van der Waals surface area contributed by atoms with Crippen LogP contribution in [0.25, 0.3) is 0 Å². The molecule has 1 aliphatic rings. The number of carbonyl (C=O) groups excluding carboxylic acids is 1. The zero-order valence-electron chi connectivity index (χ0n) is 14.0. The molecule has 1 aliphatic heterocycles. The van der Waals surface area contributed by atoms with Crippen LogP contribution < -0.4 is 5.32 Å². The second kappa shape index (κ2) is 7.13. The molecule has 1 N–H and O–H groups in total. The molecule has 1 fully saturated rings. The third-order valence-electron chi connectivity index (χ3n) is 3.85. The number of aryl methyl sites for hydroxylation is 1. The summed E-state index contributed by atoms with van der Waals surface area (Å²) in [5.41, 5.74) is 0.678. The molecular weight excluding hydrogens is 282 g/mol. The number of ether oxygens (including phenoxy) is 2. The molecule has 2 rings (SSSR count). The number of nitrogens with zero attached hydrogens (tertiary/aromatic N) is 2. The van der Waals surface area contributed by atoms with E-state index in [0.717, 1.165) is 31.6 Å². The van der Waals surface area contributed by atoms with E-state index in [1.54, 1.807) is 4.68 Å². The van der Waals surface area contributed by atoms with Crippen molar-refractivity contribution < 1.29 is 14.3 Å². The van der Waals surface area contributed by atoms with Crippen molar-refractivity contribution in [3.63, 3.8) is 0 Å². The molecule has 1 amide bonds. The van der Waals surface area contributed by atoms with E-state index in [4.69, 9.17) is 9.47 Å². The van der Waals surface area contributed by atoms with Crippen molar-refractivity contribution in [1.29, 1.82) is 0 Å². The van der Waals surface area contributed by atoms with Crippen LogP contribution in [0.1, 0.15) is 45.1 Å². The fourth-order valence-electron chi connectivity index (χ4n) is 2.81. The Morgan fingerprint density at radius 1 is 1.50 bits per heavy atom. The van der Waals surface area contributed by atoms with E-state index < -0.39 is 5.60 Å². The molecule has 0 radical (unpaired) electrons. The largest absolute Gasteiger partial charge is 0.444 e. The third-order valence-corrected chi connectivity index (χ3v) is 3.85. The lowest BCUT2D eigenvalue weighted by Gasteiger charge is -2.30. The lowest BCUT2D eigenvalue weighted by Crippen LogP contribution is -2.37. The van der Waals surface area contributed by atoms with Gasteiger partial charge in [0.05, 0.1) is 6.20 Å². The summed E-state index contributed by atoms with van der Waals surface area (Å²) in [6, 6.07) is 0. The second-order valence-corrected chi connectivity index (χ2v) is 6.89. The number of alkyl carbamates (subject to hydrolysis) is 1. The molecule has 1 saturated heterocycles.